The number of aliphatic carboxylic acids is 2. The Labute approximate surface area is 162 Å². The average Bonchev–Trinajstić information content (AvgIpc) is 2.59. The molecule has 160 valence electrons. The fourth-order valence-electron chi connectivity index (χ4n) is 2.27. The molecule has 0 spiro atoms. The number of aliphatic imine (C=N–C) groups is 1. The summed E-state index contributed by atoms with van der Waals surface area (Å²) in [6.45, 7) is 2.08. The Morgan fingerprint density at radius 2 is 1.54 bits per heavy atom. The number of carbonyl (C=O) groups is 4. The van der Waals surface area contributed by atoms with Crippen molar-refractivity contribution in [2.75, 3.05) is 6.54 Å². The molecule has 0 radical (unpaired) electrons. The molecule has 3 atom stereocenters. The van der Waals surface area contributed by atoms with E-state index < -0.39 is 48.3 Å². The first-order valence-corrected chi connectivity index (χ1v) is 8.94. The first kappa shape index (κ1) is 25.1. The number of nitrogens with zero attached hydrogens (tertiary/aromatic N) is 1. The van der Waals surface area contributed by atoms with Crippen LogP contribution in [0.3, 0.4) is 0 Å². The number of carbonyl (C=O) groups excluding carboxylic acids is 2. The van der Waals surface area contributed by atoms with E-state index in [0.29, 0.717) is 12.8 Å². The van der Waals surface area contributed by atoms with E-state index in [2.05, 4.69) is 15.6 Å². The predicted octanol–water partition coefficient (Wildman–Crippen LogP) is -1.91. The second kappa shape index (κ2) is 13.3. The summed E-state index contributed by atoms with van der Waals surface area (Å²) in [5.74, 6) is -4.11. The van der Waals surface area contributed by atoms with Gasteiger partial charge in [-0.2, -0.15) is 0 Å². The zero-order valence-corrected chi connectivity index (χ0v) is 15.9. The maximum atomic E-state index is 12.5. The molecule has 12 nitrogen and oxygen atoms in total. The quantitative estimate of drug-likeness (QED) is 0.0975. The third-order valence-corrected chi connectivity index (χ3v) is 3.77. The fraction of sp³-hybridized carbons (Fsp3) is 0.688. The molecule has 0 aliphatic heterocycles. The maximum Gasteiger partial charge on any atom is 0.326 e. The van der Waals surface area contributed by atoms with Crippen LogP contribution in [-0.2, 0) is 19.2 Å². The number of unbranched alkanes of at least 4 members (excludes halogenated alkanes) is 1. The number of guanidine groups is 1. The van der Waals surface area contributed by atoms with E-state index >= 15 is 0 Å². The second-order valence-corrected chi connectivity index (χ2v) is 6.26. The molecule has 0 unspecified atom stereocenters. The summed E-state index contributed by atoms with van der Waals surface area (Å²) >= 11 is 0. The van der Waals surface area contributed by atoms with E-state index in [-0.39, 0.29) is 25.3 Å². The molecule has 0 heterocycles. The lowest BCUT2D eigenvalue weighted by atomic mass is 10.1. The molecule has 0 aromatic heterocycles. The first-order valence-electron chi connectivity index (χ1n) is 8.94. The van der Waals surface area contributed by atoms with Crippen molar-refractivity contribution in [3.05, 3.63) is 0 Å². The standard InChI is InChI=1S/C16H30N6O6/c1-2-3-5-11(15(27)28)22-14(26)10(6-4-7-20-16(18)19)21-13(25)9(17)8-12(23)24/h9-11H,2-8,17H2,1H3,(H,21,25)(H,22,26)(H,23,24)(H,27,28)(H4,18,19,20)/t9-,10-,11-/m0/s1. The molecule has 0 rings (SSSR count). The van der Waals surface area contributed by atoms with Crippen LogP contribution in [0.1, 0.15) is 45.4 Å². The van der Waals surface area contributed by atoms with Gasteiger partial charge < -0.3 is 38.0 Å². The van der Waals surface area contributed by atoms with E-state index in [9.17, 15) is 24.3 Å². The van der Waals surface area contributed by atoms with Gasteiger partial charge in [0, 0.05) is 6.54 Å². The van der Waals surface area contributed by atoms with Gasteiger partial charge in [-0.1, -0.05) is 19.8 Å². The number of hydrogen-bond acceptors (Lipinski definition) is 6. The molecule has 0 aliphatic carbocycles. The fourth-order valence-corrected chi connectivity index (χ4v) is 2.27. The van der Waals surface area contributed by atoms with Crippen LogP contribution in [-0.4, -0.2) is 64.6 Å². The van der Waals surface area contributed by atoms with E-state index in [1.54, 1.807) is 0 Å². The topological polar surface area (TPSA) is 223 Å². The number of hydrogen-bond donors (Lipinski definition) is 7. The molecule has 28 heavy (non-hydrogen) atoms. The summed E-state index contributed by atoms with van der Waals surface area (Å²) in [6, 6.07) is -3.55. The SMILES string of the molecule is CCCC[C@H](NC(=O)[C@H](CCCN=C(N)N)NC(=O)[C@@H](N)CC(=O)O)C(=O)O. The number of nitrogens with two attached hydrogens (primary N) is 3. The summed E-state index contributed by atoms with van der Waals surface area (Å²) in [5, 5.41) is 22.7. The molecule has 0 saturated carbocycles. The smallest absolute Gasteiger partial charge is 0.326 e. The Morgan fingerprint density at radius 3 is 2.04 bits per heavy atom. The number of amides is 2. The second-order valence-electron chi connectivity index (χ2n) is 6.26. The van der Waals surface area contributed by atoms with Crippen LogP contribution in [0, 0.1) is 0 Å². The molecule has 0 aliphatic rings. The number of nitrogens with one attached hydrogen (secondary N) is 2. The van der Waals surface area contributed by atoms with Gasteiger partial charge in [0.15, 0.2) is 5.96 Å². The summed E-state index contributed by atoms with van der Waals surface area (Å²) in [6.07, 6.45) is 1.41. The third kappa shape index (κ3) is 11.0. The van der Waals surface area contributed by atoms with Gasteiger partial charge in [0.1, 0.15) is 12.1 Å². The average molecular weight is 402 g/mol. The number of carboxylic acid groups (broad SMARTS) is 2. The molecular weight excluding hydrogens is 372 g/mol. The molecule has 0 saturated heterocycles. The Bertz CT molecular complexity index is 578. The van der Waals surface area contributed by atoms with Gasteiger partial charge in [0.25, 0.3) is 0 Å². The van der Waals surface area contributed by atoms with Gasteiger partial charge >= 0.3 is 11.9 Å². The van der Waals surface area contributed by atoms with Crippen molar-refractivity contribution in [2.45, 2.75) is 63.6 Å². The highest BCUT2D eigenvalue weighted by Crippen LogP contribution is 2.05. The Hall–Kier alpha value is -2.89. The zero-order valence-electron chi connectivity index (χ0n) is 15.9. The molecular formula is C16H30N6O6. The van der Waals surface area contributed by atoms with Crippen LogP contribution in [0.15, 0.2) is 4.99 Å². The van der Waals surface area contributed by atoms with Crippen molar-refractivity contribution < 1.29 is 29.4 Å². The van der Waals surface area contributed by atoms with Gasteiger partial charge in [0.2, 0.25) is 11.8 Å². The Balaban J connectivity index is 5.09. The van der Waals surface area contributed by atoms with Crippen LogP contribution in [0.25, 0.3) is 0 Å². The van der Waals surface area contributed by atoms with Gasteiger partial charge in [0.05, 0.1) is 12.5 Å². The van der Waals surface area contributed by atoms with E-state index in [4.69, 9.17) is 22.3 Å². The highest BCUT2D eigenvalue weighted by Gasteiger charge is 2.28. The molecule has 0 fully saturated rings. The van der Waals surface area contributed by atoms with Crippen molar-refractivity contribution in [2.24, 2.45) is 22.2 Å². The first-order chi connectivity index (χ1) is 13.1. The predicted molar refractivity (Wildman–Crippen MR) is 101 cm³/mol. The molecule has 10 N–H and O–H groups in total. The van der Waals surface area contributed by atoms with E-state index in [1.807, 2.05) is 6.92 Å². The summed E-state index contributed by atoms with van der Waals surface area (Å²) in [4.78, 5) is 50.3. The Kier molecular flexibility index (Phi) is 11.9. The Morgan fingerprint density at radius 1 is 0.964 bits per heavy atom. The maximum absolute atomic E-state index is 12.5. The van der Waals surface area contributed by atoms with Crippen LogP contribution in [0.5, 0.6) is 0 Å². The minimum Gasteiger partial charge on any atom is -0.481 e. The summed E-state index contributed by atoms with van der Waals surface area (Å²) in [7, 11) is 0. The molecule has 12 heteroatoms. The van der Waals surface area contributed by atoms with E-state index in [0.717, 1.165) is 6.42 Å². The number of carboxylic acids is 2. The lowest BCUT2D eigenvalue weighted by Gasteiger charge is -2.22. The van der Waals surface area contributed by atoms with Gasteiger partial charge in [-0.15, -0.1) is 0 Å². The summed E-state index contributed by atoms with van der Waals surface area (Å²) < 4.78 is 0. The molecule has 0 aromatic rings. The van der Waals surface area contributed by atoms with Crippen LogP contribution in [0.2, 0.25) is 0 Å². The number of rotatable bonds is 14. The monoisotopic (exact) mass is 402 g/mol. The minimum absolute atomic E-state index is 0.105. The lowest BCUT2D eigenvalue weighted by Crippen LogP contribution is -2.54. The van der Waals surface area contributed by atoms with Crippen LogP contribution >= 0.6 is 0 Å². The highest BCUT2D eigenvalue weighted by atomic mass is 16.4. The molecule has 0 aromatic carbocycles. The minimum atomic E-state index is -1.35. The van der Waals surface area contributed by atoms with Gasteiger partial charge in [-0.3, -0.25) is 19.4 Å². The summed E-state index contributed by atoms with van der Waals surface area (Å²) in [5.41, 5.74) is 15.9. The van der Waals surface area contributed by atoms with Crippen LogP contribution < -0.4 is 27.8 Å². The van der Waals surface area contributed by atoms with Crippen molar-refractivity contribution in [3.63, 3.8) is 0 Å². The van der Waals surface area contributed by atoms with E-state index in [1.165, 1.54) is 0 Å². The molecule has 2 amide bonds. The van der Waals surface area contributed by atoms with Gasteiger partial charge in [-0.05, 0) is 19.3 Å². The van der Waals surface area contributed by atoms with Gasteiger partial charge in [-0.25, -0.2) is 4.79 Å². The highest BCUT2D eigenvalue weighted by molar-refractivity contribution is 5.92. The van der Waals surface area contributed by atoms with Crippen LogP contribution in [0.4, 0.5) is 0 Å². The van der Waals surface area contributed by atoms with Crippen molar-refractivity contribution in [3.8, 4) is 0 Å². The van der Waals surface area contributed by atoms with Crippen molar-refractivity contribution >= 4 is 29.7 Å². The zero-order chi connectivity index (χ0) is 21.7. The lowest BCUT2D eigenvalue weighted by molar-refractivity contribution is -0.143. The molecule has 0 bridgehead atoms. The van der Waals surface area contributed by atoms with Crippen molar-refractivity contribution in [1.82, 2.24) is 10.6 Å². The largest absolute Gasteiger partial charge is 0.481 e. The normalized spacial score (nSPS) is 13.6. The van der Waals surface area contributed by atoms with Crippen molar-refractivity contribution in [1.29, 1.82) is 0 Å². The third-order valence-electron chi connectivity index (χ3n) is 3.77.